The number of hydrogen-bond donors (Lipinski definition) is 3. The summed E-state index contributed by atoms with van der Waals surface area (Å²) < 4.78 is 0. The fourth-order valence-electron chi connectivity index (χ4n) is 2.48. The number of amides is 1. The fraction of sp³-hybridized carbons (Fsp3) is 0.263. The maximum atomic E-state index is 12.1. The second kappa shape index (κ2) is 8.26. The van der Waals surface area contributed by atoms with Gasteiger partial charge in [0.25, 0.3) is 0 Å². The van der Waals surface area contributed by atoms with E-state index >= 15 is 0 Å². The minimum Gasteiger partial charge on any atom is -0.480 e. The van der Waals surface area contributed by atoms with E-state index in [0.29, 0.717) is 5.69 Å². The quantitative estimate of drug-likeness (QED) is 0.730. The van der Waals surface area contributed by atoms with Gasteiger partial charge in [-0.25, -0.2) is 0 Å². The Balaban J connectivity index is 1.98. The van der Waals surface area contributed by atoms with Crippen molar-refractivity contribution in [2.24, 2.45) is 0 Å². The van der Waals surface area contributed by atoms with Gasteiger partial charge in [-0.1, -0.05) is 42.5 Å². The van der Waals surface area contributed by atoms with Gasteiger partial charge >= 0.3 is 5.97 Å². The summed E-state index contributed by atoms with van der Waals surface area (Å²) in [5, 5.41) is 15.1. The molecule has 0 aliphatic heterocycles. The van der Waals surface area contributed by atoms with Crippen LogP contribution in [0.5, 0.6) is 0 Å². The van der Waals surface area contributed by atoms with Crippen molar-refractivity contribution in [2.75, 3.05) is 5.32 Å². The summed E-state index contributed by atoms with van der Waals surface area (Å²) in [5.41, 5.74) is 2.67. The molecule has 3 N–H and O–H groups in total. The molecular weight excluding hydrogens is 304 g/mol. The molecule has 0 radical (unpaired) electrons. The molecule has 24 heavy (non-hydrogen) atoms. The van der Waals surface area contributed by atoms with E-state index in [-0.39, 0.29) is 18.4 Å². The fourth-order valence-corrected chi connectivity index (χ4v) is 2.48. The van der Waals surface area contributed by atoms with Gasteiger partial charge in [0, 0.05) is 11.7 Å². The van der Waals surface area contributed by atoms with Crippen LogP contribution in [-0.4, -0.2) is 23.0 Å². The van der Waals surface area contributed by atoms with Crippen molar-refractivity contribution in [1.29, 1.82) is 0 Å². The molecule has 0 bridgehead atoms. The van der Waals surface area contributed by atoms with Gasteiger partial charge in [-0.2, -0.15) is 0 Å². The van der Waals surface area contributed by atoms with Crippen molar-refractivity contribution in [3.63, 3.8) is 0 Å². The van der Waals surface area contributed by atoms with Crippen LogP contribution in [0.1, 0.15) is 30.5 Å². The van der Waals surface area contributed by atoms with E-state index in [1.54, 1.807) is 6.07 Å². The Morgan fingerprint density at radius 1 is 1.08 bits per heavy atom. The lowest BCUT2D eigenvalue weighted by atomic mass is 10.1. The topological polar surface area (TPSA) is 78.4 Å². The zero-order chi connectivity index (χ0) is 17.5. The Hall–Kier alpha value is -2.66. The van der Waals surface area contributed by atoms with Crippen LogP contribution in [0.2, 0.25) is 0 Å². The smallest absolute Gasteiger partial charge is 0.321 e. The summed E-state index contributed by atoms with van der Waals surface area (Å²) in [7, 11) is 0. The van der Waals surface area contributed by atoms with Gasteiger partial charge in [-0.05, 0) is 37.1 Å². The van der Waals surface area contributed by atoms with Crippen LogP contribution in [0.3, 0.4) is 0 Å². The number of carbonyl (C=O) groups is 2. The molecule has 0 aliphatic carbocycles. The van der Waals surface area contributed by atoms with Gasteiger partial charge in [-0.3, -0.25) is 14.9 Å². The first-order valence-electron chi connectivity index (χ1n) is 7.86. The number of carbonyl (C=O) groups excluding carboxylic acids is 1. The largest absolute Gasteiger partial charge is 0.480 e. The Morgan fingerprint density at radius 3 is 2.42 bits per heavy atom. The lowest BCUT2D eigenvalue weighted by Crippen LogP contribution is -2.41. The standard InChI is InChI=1S/C19H22N2O3/c1-13-7-6-10-16(11-13)21-18(22)12-17(19(23)24)20-14(2)15-8-4-3-5-9-15/h3-11,14,17,20H,12H2,1-2H3,(H,21,22)(H,23,24)/t14-,17+/m0/s1. The highest BCUT2D eigenvalue weighted by Gasteiger charge is 2.23. The molecule has 0 fully saturated rings. The molecule has 0 heterocycles. The van der Waals surface area contributed by atoms with E-state index in [0.717, 1.165) is 11.1 Å². The van der Waals surface area contributed by atoms with Crippen LogP contribution in [0.25, 0.3) is 0 Å². The molecule has 2 rings (SSSR count). The van der Waals surface area contributed by atoms with Gasteiger partial charge in [0.05, 0.1) is 6.42 Å². The number of benzene rings is 2. The van der Waals surface area contributed by atoms with E-state index in [9.17, 15) is 14.7 Å². The summed E-state index contributed by atoms with van der Waals surface area (Å²) in [5.74, 6) is -1.38. The van der Waals surface area contributed by atoms with Gasteiger partial charge in [0.1, 0.15) is 6.04 Å². The molecule has 1 amide bonds. The molecule has 2 atom stereocenters. The normalized spacial score (nSPS) is 13.1. The zero-order valence-electron chi connectivity index (χ0n) is 13.8. The molecule has 2 aromatic rings. The highest BCUT2D eigenvalue weighted by atomic mass is 16.4. The number of anilines is 1. The Labute approximate surface area is 141 Å². The Kier molecular flexibility index (Phi) is 6.09. The van der Waals surface area contributed by atoms with Gasteiger partial charge < -0.3 is 10.4 Å². The molecule has 2 aromatic carbocycles. The van der Waals surface area contributed by atoms with Crippen LogP contribution in [0, 0.1) is 6.92 Å². The number of nitrogens with one attached hydrogen (secondary N) is 2. The molecule has 0 aliphatic rings. The lowest BCUT2D eigenvalue weighted by molar-refractivity contribution is -0.141. The first-order valence-corrected chi connectivity index (χ1v) is 7.86. The summed E-state index contributed by atoms with van der Waals surface area (Å²) in [6.45, 7) is 3.81. The molecule has 0 spiro atoms. The van der Waals surface area contributed by atoms with Crippen LogP contribution < -0.4 is 10.6 Å². The van der Waals surface area contributed by atoms with Gasteiger partial charge in [0.2, 0.25) is 5.91 Å². The maximum absolute atomic E-state index is 12.1. The predicted molar refractivity (Wildman–Crippen MR) is 93.8 cm³/mol. The van der Waals surface area contributed by atoms with Crippen molar-refractivity contribution in [1.82, 2.24) is 5.32 Å². The molecule has 0 saturated heterocycles. The van der Waals surface area contributed by atoms with Crippen molar-refractivity contribution < 1.29 is 14.7 Å². The molecule has 5 nitrogen and oxygen atoms in total. The van der Waals surface area contributed by atoms with Crippen molar-refractivity contribution in [3.05, 3.63) is 65.7 Å². The molecule has 0 aromatic heterocycles. The summed E-state index contributed by atoms with van der Waals surface area (Å²) in [6.07, 6.45) is -0.138. The zero-order valence-corrected chi connectivity index (χ0v) is 13.8. The van der Waals surface area contributed by atoms with Crippen molar-refractivity contribution in [3.8, 4) is 0 Å². The second-order valence-electron chi connectivity index (χ2n) is 5.81. The first kappa shape index (κ1) is 17.7. The average Bonchev–Trinajstić information content (AvgIpc) is 2.54. The maximum Gasteiger partial charge on any atom is 0.321 e. The summed E-state index contributed by atoms with van der Waals surface area (Å²) >= 11 is 0. The van der Waals surface area contributed by atoms with Crippen molar-refractivity contribution >= 4 is 17.6 Å². The van der Waals surface area contributed by atoms with Crippen molar-refractivity contribution in [2.45, 2.75) is 32.4 Å². The van der Waals surface area contributed by atoms with E-state index in [4.69, 9.17) is 0 Å². The van der Waals surface area contributed by atoms with Gasteiger partial charge in [-0.15, -0.1) is 0 Å². The summed E-state index contributed by atoms with van der Waals surface area (Å²) in [4.78, 5) is 23.6. The highest BCUT2D eigenvalue weighted by molar-refractivity contribution is 5.94. The molecular formula is C19H22N2O3. The van der Waals surface area contributed by atoms with E-state index < -0.39 is 12.0 Å². The number of aliphatic carboxylic acids is 1. The molecule has 5 heteroatoms. The third-order valence-electron chi connectivity index (χ3n) is 3.74. The summed E-state index contributed by atoms with van der Waals surface area (Å²) in [6, 6.07) is 15.8. The molecule has 126 valence electrons. The van der Waals surface area contributed by atoms with Crippen LogP contribution >= 0.6 is 0 Å². The SMILES string of the molecule is Cc1cccc(NC(=O)C[C@@H](N[C@@H](C)c2ccccc2)C(=O)O)c1. The lowest BCUT2D eigenvalue weighted by Gasteiger charge is -2.20. The minimum atomic E-state index is -1.04. The molecule has 0 saturated carbocycles. The van der Waals surface area contributed by atoms with E-state index in [1.165, 1.54) is 0 Å². The van der Waals surface area contributed by atoms with E-state index in [2.05, 4.69) is 10.6 Å². The minimum absolute atomic E-state index is 0.138. The number of carboxylic acid groups (broad SMARTS) is 1. The number of aryl methyl sites for hydroxylation is 1. The average molecular weight is 326 g/mol. The highest BCUT2D eigenvalue weighted by Crippen LogP contribution is 2.14. The number of carboxylic acids is 1. The number of hydrogen-bond acceptors (Lipinski definition) is 3. The van der Waals surface area contributed by atoms with E-state index in [1.807, 2.05) is 62.4 Å². The Bertz CT molecular complexity index is 701. The van der Waals surface area contributed by atoms with Gasteiger partial charge in [0.15, 0.2) is 0 Å². The predicted octanol–water partition coefficient (Wildman–Crippen LogP) is 3.13. The van der Waals surface area contributed by atoms with Crippen LogP contribution in [-0.2, 0) is 9.59 Å². The monoisotopic (exact) mass is 326 g/mol. The number of rotatable bonds is 7. The third-order valence-corrected chi connectivity index (χ3v) is 3.74. The van der Waals surface area contributed by atoms with Crippen LogP contribution in [0.15, 0.2) is 54.6 Å². The molecule has 0 unspecified atom stereocenters. The third kappa shape index (κ3) is 5.21. The first-order chi connectivity index (χ1) is 11.5. The van der Waals surface area contributed by atoms with Crippen LogP contribution in [0.4, 0.5) is 5.69 Å². The Morgan fingerprint density at radius 2 is 1.79 bits per heavy atom. The second-order valence-corrected chi connectivity index (χ2v) is 5.81.